The van der Waals surface area contributed by atoms with E-state index >= 15 is 0 Å². The van der Waals surface area contributed by atoms with Crippen LogP contribution in [0.1, 0.15) is 45.4 Å². The van der Waals surface area contributed by atoms with Gasteiger partial charge in [0.2, 0.25) is 0 Å². The Hall–Kier alpha value is -0.830. The molecule has 0 aromatic rings. The molecule has 16 heavy (non-hydrogen) atoms. The molecule has 0 aromatic carbocycles. The Balaban J connectivity index is 2.74. The lowest BCUT2D eigenvalue weighted by atomic mass is 9.71. The van der Waals surface area contributed by atoms with Gasteiger partial charge in [-0.2, -0.15) is 0 Å². The second kappa shape index (κ2) is 6.04. The number of hydrogen-bond acceptors (Lipinski definition) is 3. The lowest BCUT2D eigenvalue weighted by molar-refractivity contribution is -0.154. The van der Waals surface area contributed by atoms with Gasteiger partial charge in [0.1, 0.15) is 0 Å². The molecule has 0 bridgehead atoms. The molecule has 0 radical (unpaired) electrons. The van der Waals surface area contributed by atoms with Crippen LogP contribution in [-0.2, 0) is 9.53 Å². The first-order chi connectivity index (χ1) is 7.64. The smallest absolute Gasteiger partial charge is 0.312 e. The summed E-state index contributed by atoms with van der Waals surface area (Å²) in [5.41, 5.74) is 0.595. The first kappa shape index (κ1) is 13.2. The maximum atomic E-state index is 11.9. The number of aliphatic hydroxyl groups excluding tert-OH is 1. The van der Waals surface area contributed by atoms with Crippen LogP contribution in [-0.4, -0.2) is 24.8 Å². The lowest BCUT2D eigenvalue weighted by Crippen LogP contribution is -2.34. The van der Waals surface area contributed by atoms with Gasteiger partial charge in [-0.05, 0) is 26.2 Å². The summed E-state index contributed by atoms with van der Waals surface area (Å²) in [5, 5.41) is 8.96. The zero-order valence-corrected chi connectivity index (χ0v) is 10.3. The molecule has 0 aliphatic heterocycles. The van der Waals surface area contributed by atoms with Crippen molar-refractivity contribution in [3.05, 3.63) is 11.6 Å². The van der Waals surface area contributed by atoms with E-state index < -0.39 is 0 Å². The lowest BCUT2D eigenvalue weighted by Gasteiger charge is -2.33. The number of esters is 1. The molecule has 1 aliphatic rings. The van der Waals surface area contributed by atoms with Gasteiger partial charge in [-0.15, -0.1) is 0 Å². The molecule has 1 N–H and O–H groups in total. The molecule has 0 saturated heterocycles. The summed E-state index contributed by atoms with van der Waals surface area (Å²) in [6, 6.07) is 0. The van der Waals surface area contributed by atoms with Crippen molar-refractivity contribution in [1.82, 2.24) is 0 Å². The predicted octanol–water partition coefficient (Wildman–Crippen LogP) is 2.44. The van der Waals surface area contributed by atoms with Crippen LogP contribution in [0.5, 0.6) is 0 Å². The molecule has 3 heteroatoms. The zero-order valence-electron chi connectivity index (χ0n) is 10.3. The van der Waals surface area contributed by atoms with Gasteiger partial charge < -0.3 is 9.84 Å². The summed E-state index contributed by atoms with van der Waals surface area (Å²) in [6.07, 6.45) is 7.90. The molecule has 1 saturated carbocycles. The van der Waals surface area contributed by atoms with Gasteiger partial charge in [-0.3, -0.25) is 4.79 Å². The number of rotatable bonds is 4. The summed E-state index contributed by atoms with van der Waals surface area (Å²) in [4.78, 5) is 11.9. The first-order valence-electron chi connectivity index (χ1n) is 5.99. The highest BCUT2D eigenvalue weighted by atomic mass is 16.5. The topological polar surface area (TPSA) is 46.5 Å². The Bertz CT molecular complexity index is 262. The number of aliphatic hydroxyl groups is 1. The Morgan fingerprint density at radius 3 is 2.50 bits per heavy atom. The normalized spacial score (nSPS) is 20.6. The largest absolute Gasteiger partial charge is 0.469 e. The van der Waals surface area contributed by atoms with Crippen molar-refractivity contribution in [2.75, 3.05) is 13.7 Å². The maximum Gasteiger partial charge on any atom is 0.312 e. The van der Waals surface area contributed by atoms with Crippen molar-refractivity contribution in [3.63, 3.8) is 0 Å². The highest BCUT2D eigenvalue weighted by Crippen LogP contribution is 2.40. The monoisotopic (exact) mass is 226 g/mol. The standard InChI is InChI=1S/C13H22O3/c1-11(10-14)6-9-13(12(15)16-2)7-4-3-5-8-13/h6,14H,3-5,7-10H2,1-2H3/b11-6-. The molecule has 1 rings (SSSR count). The van der Waals surface area contributed by atoms with Gasteiger partial charge >= 0.3 is 5.97 Å². The highest BCUT2D eigenvalue weighted by Gasteiger charge is 2.39. The van der Waals surface area contributed by atoms with Crippen molar-refractivity contribution >= 4 is 5.97 Å². The fraction of sp³-hybridized carbons (Fsp3) is 0.769. The summed E-state index contributed by atoms with van der Waals surface area (Å²) in [7, 11) is 1.46. The Labute approximate surface area is 97.5 Å². The van der Waals surface area contributed by atoms with Gasteiger partial charge in [-0.25, -0.2) is 0 Å². The number of allylic oxidation sites excluding steroid dienone is 1. The summed E-state index contributed by atoms with van der Waals surface area (Å²) in [6.45, 7) is 1.95. The van der Waals surface area contributed by atoms with E-state index in [0.717, 1.165) is 31.3 Å². The van der Waals surface area contributed by atoms with Crippen molar-refractivity contribution in [3.8, 4) is 0 Å². The molecular formula is C13H22O3. The average molecular weight is 226 g/mol. The molecule has 92 valence electrons. The van der Waals surface area contributed by atoms with E-state index in [2.05, 4.69) is 0 Å². The van der Waals surface area contributed by atoms with Crippen molar-refractivity contribution < 1.29 is 14.6 Å². The van der Waals surface area contributed by atoms with Crippen LogP contribution in [0.15, 0.2) is 11.6 Å². The molecule has 0 unspecified atom stereocenters. The Kier molecular flexibility index (Phi) is 5.00. The first-order valence-corrected chi connectivity index (χ1v) is 5.99. The molecule has 1 aliphatic carbocycles. The van der Waals surface area contributed by atoms with E-state index in [0.29, 0.717) is 6.42 Å². The van der Waals surface area contributed by atoms with Gasteiger partial charge in [0, 0.05) is 0 Å². The van der Waals surface area contributed by atoms with E-state index in [1.165, 1.54) is 13.5 Å². The van der Waals surface area contributed by atoms with Crippen molar-refractivity contribution in [2.45, 2.75) is 45.4 Å². The molecule has 0 atom stereocenters. The van der Waals surface area contributed by atoms with E-state index in [1.54, 1.807) is 0 Å². The predicted molar refractivity (Wildman–Crippen MR) is 63.0 cm³/mol. The van der Waals surface area contributed by atoms with Crippen LogP contribution in [0.4, 0.5) is 0 Å². The van der Waals surface area contributed by atoms with E-state index in [1.807, 2.05) is 13.0 Å². The molecule has 0 heterocycles. The quantitative estimate of drug-likeness (QED) is 0.591. The fourth-order valence-corrected chi connectivity index (χ4v) is 2.37. The molecule has 0 amide bonds. The molecule has 0 aromatic heterocycles. The third kappa shape index (κ3) is 3.08. The summed E-state index contributed by atoms with van der Waals surface area (Å²) in [5.74, 6) is -0.0887. The molecular weight excluding hydrogens is 204 g/mol. The number of ether oxygens (including phenoxy) is 1. The molecule has 3 nitrogen and oxygen atoms in total. The SMILES string of the molecule is COC(=O)C1(C/C=C(/C)CO)CCCCC1. The van der Waals surface area contributed by atoms with Crippen LogP contribution in [0.25, 0.3) is 0 Å². The third-order valence-electron chi connectivity index (χ3n) is 3.52. The van der Waals surface area contributed by atoms with Crippen LogP contribution in [0, 0.1) is 5.41 Å². The minimum Gasteiger partial charge on any atom is -0.469 e. The number of carbonyl (C=O) groups excluding carboxylic acids is 1. The van der Waals surface area contributed by atoms with Crippen LogP contribution < -0.4 is 0 Å². The second-order valence-corrected chi connectivity index (χ2v) is 4.75. The fourth-order valence-electron chi connectivity index (χ4n) is 2.37. The maximum absolute atomic E-state index is 11.9. The van der Waals surface area contributed by atoms with Crippen molar-refractivity contribution in [2.24, 2.45) is 5.41 Å². The van der Waals surface area contributed by atoms with Crippen LogP contribution in [0.2, 0.25) is 0 Å². The van der Waals surface area contributed by atoms with Gasteiger partial charge in [-0.1, -0.05) is 30.9 Å². The van der Waals surface area contributed by atoms with E-state index in [9.17, 15) is 4.79 Å². The molecule has 0 spiro atoms. The Morgan fingerprint density at radius 2 is 2.00 bits per heavy atom. The zero-order chi connectivity index (χ0) is 12.0. The Morgan fingerprint density at radius 1 is 1.38 bits per heavy atom. The summed E-state index contributed by atoms with van der Waals surface area (Å²) >= 11 is 0. The number of methoxy groups -OCH3 is 1. The van der Waals surface area contributed by atoms with E-state index in [4.69, 9.17) is 9.84 Å². The minimum absolute atomic E-state index is 0.0667. The second-order valence-electron chi connectivity index (χ2n) is 4.75. The van der Waals surface area contributed by atoms with Gasteiger partial charge in [0.15, 0.2) is 0 Å². The van der Waals surface area contributed by atoms with Gasteiger partial charge in [0.25, 0.3) is 0 Å². The van der Waals surface area contributed by atoms with Crippen LogP contribution in [0.3, 0.4) is 0 Å². The highest BCUT2D eigenvalue weighted by molar-refractivity contribution is 5.77. The molecule has 1 fully saturated rings. The van der Waals surface area contributed by atoms with Gasteiger partial charge in [0.05, 0.1) is 19.1 Å². The van der Waals surface area contributed by atoms with E-state index in [-0.39, 0.29) is 18.0 Å². The number of carbonyl (C=O) groups is 1. The van der Waals surface area contributed by atoms with Crippen LogP contribution >= 0.6 is 0 Å². The number of hydrogen-bond donors (Lipinski definition) is 1. The van der Waals surface area contributed by atoms with Crippen molar-refractivity contribution in [1.29, 1.82) is 0 Å². The summed E-state index contributed by atoms with van der Waals surface area (Å²) < 4.78 is 4.93. The third-order valence-corrected chi connectivity index (χ3v) is 3.52. The average Bonchev–Trinajstić information content (AvgIpc) is 2.36. The minimum atomic E-state index is -0.330.